The summed E-state index contributed by atoms with van der Waals surface area (Å²) in [4.78, 5) is 18.9. The van der Waals surface area contributed by atoms with Crippen molar-refractivity contribution in [2.45, 2.75) is 0 Å². The number of piperazine rings is 1. The first-order chi connectivity index (χ1) is 12.7. The molecule has 1 aliphatic rings. The SMILES string of the molecule is O.O=C(c1n[nH]c(-c2ccc(F)cc2)c1-c1ccncc1)N1CCNCC1. The second-order valence-corrected chi connectivity index (χ2v) is 6.11. The lowest BCUT2D eigenvalue weighted by Crippen LogP contribution is -2.46. The quantitative estimate of drug-likeness (QED) is 0.730. The van der Waals surface area contributed by atoms with Gasteiger partial charge in [0.15, 0.2) is 5.69 Å². The number of rotatable bonds is 3. The van der Waals surface area contributed by atoms with Gasteiger partial charge in [-0.3, -0.25) is 14.9 Å². The van der Waals surface area contributed by atoms with Gasteiger partial charge in [-0.1, -0.05) is 0 Å². The Hall–Kier alpha value is -3.10. The first kappa shape index (κ1) is 18.7. The van der Waals surface area contributed by atoms with Crippen LogP contribution in [0.3, 0.4) is 0 Å². The van der Waals surface area contributed by atoms with Crippen molar-refractivity contribution in [3.05, 3.63) is 60.3 Å². The van der Waals surface area contributed by atoms with Crippen molar-refractivity contribution in [2.75, 3.05) is 26.2 Å². The highest BCUT2D eigenvalue weighted by Gasteiger charge is 2.26. The fourth-order valence-corrected chi connectivity index (χ4v) is 3.14. The molecule has 1 aromatic carbocycles. The van der Waals surface area contributed by atoms with Gasteiger partial charge in [0.1, 0.15) is 5.82 Å². The van der Waals surface area contributed by atoms with Crippen LogP contribution >= 0.6 is 0 Å². The van der Waals surface area contributed by atoms with E-state index < -0.39 is 0 Å². The van der Waals surface area contributed by atoms with Crippen LogP contribution in [0.4, 0.5) is 4.39 Å². The molecule has 0 radical (unpaired) electrons. The normalized spacial score (nSPS) is 13.9. The van der Waals surface area contributed by atoms with Crippen LogP contribution in [0.2, 0.25) is 0 Å². The van der Waals surface area contributed by atoms with Gasteiger partial charge in [-0.15, -0.1) is 0 Å². The molecule has 3 heterocycles. The Labute approximate surface area is 155 Å². The van der Waals surface area contributed by atoms with Gasteiger partial charge in [0, 0.05) is 49.7 Å². The topological polar surface area (TPSA) is 105 Å². The number of hydrogen-bond donors (Lipinski definition) is 2. The number of amides is 1. The van der Waals surface area contributed by atoms with E-state index in [1.807, 2.05) is 12.1 Å². The lowest BCUT2D eigenvalue weighted by atomic mass is 9.99. The maximum absolute atomic E-state index is 13.3. The predicted molar refractivity (Wildman–Crippen MR) is 99.6 cm³/mol. The van der Waals surface area contributed by atoms with Crippen molar-refractivity contribution < 1.29 is 14.7 Å². The smallest absolute Gasteiger partial charge is 0.275 e. The second kappa shape index (κ2) is 8.07. The number of benzene rings is 1. The highest BCUT2D eigenvalue weighted by atomic mass is 19.1. The Morgan fingerprint density at radius 1 is 1.00 bits per heavy atom. The summed E-state index contributed by atoms with van der Waals surface area (Å²) in [6.07, 6.45) is 3.35. The molecule has 1 fully saturated rings. The molecule has 4 N–H and O–H groups in total. The van der Waals surface area contributed by atoms with Gasteiger partial charge < -0.3 is 15.7 Å². The Bertz CT molecular complexity index is 906. The third-order valence-corrected chi connectivity index (χ3v) is 4.47. The number of pyridine rings is 1. The molecule has 140 valence electrons. The number of carbonyl (C=O) groups is 1. The minimum absolute atomic E-state index is 0. The van der Waals surface area contributed by atoms with Crippen molar-refractivity contribution in [3.63, 3.8) is 0 Å². The van der Waals surface area contributed by atoms with Crippen molar-refractivity contribution in [1.29, 1.82) is 0 Å². The van der Waals surface area contributed by atoms with Crippen molar-refractivity contribution in [1.82, 2.24) is 25.4 Å². The van der Waals surface area contributed by atoms with Gasteiger partial charge in [-0.25, -0.2) is 4.39 Å². The minimum atomic E-state index is -0.309. The van der Waals surface area contributed by atoms with E-state index in [9.17, 15) is 9.18 Å². The van der Waals surface area contributed by atoms with Crippen LogP contribution in [0.5, 0.6) is 0 Å². The van der Waals surface area contributed by atoms with E-state index in [1.54, 1.807) is 29.4 Å². The number of aromatic amines is 1. The largest absolute Gasteiger partial charge is 0.412 e. The molecule has 2 aromatic heterocycles. The number of H-pyrrole nitrogens is 1. The third-order valence-electron chi connectivity index (χ3n) is 4.47. The van der Waals surface area contributed by atoms with E-state index in [-0.39, 0.29) is 17.2 Å². The van der Waals surface area contributed by atoms with Gasteiger partial charge in [0.2, 0.25) is 0 Å². The average Bonchev–Trinajstić information content (AvgIpc) is 3.14. The molecule has 27 heavy (non-hydrogen) atoms. The molecule has 0 saturated carbocycles. The molecule has 4 rings (SSSR count). The molecule has 0 spiro atoms. The zero-order valence-electron chi connectivity index (χ0n) is 14.6. The lowest BCUT2D eigenvalue weighted by molar-refractivity contribution is 0.0730. The fourth-order valence-electron chi connectivity index (χ4n) is 3.14. The molecule has 8 heteroatoms. The summed E-state index contributed by atoms with van der Waals surface area (Å²) >= 11 is 0. The van der Waals surface area contributed by atoms with E-state index >= 15 is 0 Å². The average molecular weight is 369 g/mol. The number of nitrogens with one attached hydrogen (secondary N) is 2. The summed E-state index contributed by atoms with van der Waals surface area (Å²) in [5, 5.41) is 10.5. The summed E-state index contributed by atoms with van der Waals surface area (Å²) < 4.78 is 13.3. The lowest BCUT2D eigenvalue weighted by Gasteiger charge is -2.27. The first-order valence-electron chi connectivity index (χ1n) is 8.49. The van der Waals surface area contributed by atoms with E-state index in [1.165, 1.54) is 12.1 Å². The molecule has 3 aromatic rings. The molecule has 0 unspecified atom stereocenters. The predicted octanol–water partition coefficient (Wildman–Crippen LogP) is 1.50. The maximum Gasteiger partial charge on any atom is 0.275 e. The summed E-state index contributed by atoms with van der Waals surface area (Å²) in [6.45, 7) is 2.83. The molecule has 0 bridgehead atoms. The zero-order chi connectivity index (χ0) is 17.9. The monoisotopic (exact) mass is 369 g/mol. The Balaban J connectivity index is 0.00000210. The van der Waals surface area contributed by atoms with Gasteiger partial charge in [0.05, 0.1) is 5.69 Å². The standard InChI is InChI=1S/C19H18FN5O.H2O/c20-15-3-1-14(2-4-15)17-16(13-5-7-21-8-6-13)18(24-23-17)19(26)25-11-9-22-10-12-25;/h1-8,22H,9-12H2,(H,23,24);1H2. The van der Waals surface area contributed by atoms with E-state index in [2.05, 4.69) is 20.5 Å². The molecule has 0 atom stereocenters. The van der Waals surface area contributed by atoms with Gasteiger partial charge in [-0.05, 0) is 42.0 Å². The van der Waals surface area contributed by atoms with E-state index in [0.29, 0.717) is 30.0 Å². The maximum atomic E-state index is 13.3. The van der Waals surface area contributed by atoms with Gasteiger partial charge in [-0.2, -0.15) is 5.10 Å². The minimum Gasteiger partial charge on any atom is -0.412 e. The van der Waals surface area contributed by atoms with E-state index in [4.69, 9.17) is 0 Å². The molecule has 1 saturated heterocycles. The molecule has 1 aliphatic heterocycles. The van der Waals surface area contributed by atoms with Crippen LogP contribution in [0.1, 0.15) is 10.5 Å². The van der Waals surface area contributed by atoms with Crippen LogP contribution in [0.25, 0.3) is 22.4 Å². The molecule has 0 aliphatic carbocycles. The Morgan fingerprint density at radius 3 is 2.33 bits per heavy atom. The summed E-state index contributed by atoms with van der Waals surface area (Å²) in [7, 11) is 0. The summed E-state index contributed by atoms with van der Waals surface area (Å²) in [5.74, 6) is -0.418. The van der Waals surface area contributed by atoms with Crippen molar-refractivity contribution >= 4 is 5.91 Å². The zero-order valence-corrected chi connectivity index (χ0v) is 14.6. The number of hydrogen-bond acceptors (Lipinski definition) is 4. The first-order valence-corrected chi connectivity index (χ1v) is 8.49. The highest BCUT2D eigenvalue weighted by molar-refractivity contribution is 6.02. The molecule has 7 nitrogen and oxygen atoms in total. The van der Waals surface area contributed by atoms with Crippen molar-refractivity contribution in [3.8, 4) is 22.4 Å². The van der Waals surface area contributed by atoms with Gasteiger partial charge >= 0.3 is 0 Å². The van der Waals surface area contributed by atoms with Gasteiger partial charge in [0.25, 0.3) is 5.91 Å². The summed E-state index contributed by atoms with van der Waals surface area (Å²) in [5.41, 5.74) is 3.38. The number of nitrogens with zero attached hydrogens (tertiary/aromatic N) is 3. The van der Waals surface area contributed by atoms with Crippen LogP contribution in [-0.4, -0.2) is 57.6 Å². The number of carbonyl (C=O) groups excluding carboxylic acids is 1. The van der Waals surface area contributed by atoms with Crippen molar-refractivity contribution in [2.24, 2.45) is 0 Å². The van der Waals surface area contributed by atoms with Crippen LogP contribution in [0, 0.1) is 5.82 Å². The summed E-state index contributed by atoms with van der Waals surface area (Å²) in [6, 6.07) is 9.81. The van der Waals surface area contributed by atoms with Crippen LogP contribution in [-0.2, 0) is 0 Å². The van der Waals surface area contributed by atoms with E-state index in [0.717, 1.165) is 24.2 Å². The second-order valence-electron chi connectivity index (χ2n) is 6.11. The molecule has 1 amide bonds. The molecular weight excluding hydrogens is 349 g/mol. The number of aromatic nitrogens is 3. The third kappa shape index (κ3) is 3.71. The van der Waals surface area contributed by atoms with Crippen LogP contribution in [0.15, 0.2) is 48.8 Å². The number of halogens is 1. The van der Waals surface area contributed by atoms with Crippen LogP contribution < -0.4 is 5.32 Å². The Morgan fingerprint density at radius 2 is 1.67 bits per heavy atom. The fraction of sp³-hybridized carbons (Fsp3) is 0.211. The highest BCUT2D eigenvalue weighted by Crippen LogP contribution is 2.33. The Kier molecular flexibility index (Phi) is 5.58. The molecular formula is C19H20FN5O2.